The average Bonchev–Trinajstić information content (AvgIpc) is 3.18. The van der Waals surface area contributed by atoms with Crippen LogP contribution in [-0.4, -0.2) is 15.8 Å². The third-order valence-electron chi connectivity index (χ3n) is 4.75. The van der Waals surface area contributed by atoms with Crippen LogP contribution in [0.2, 0.25) is 5.02 Å². The van der Waals surface area contributed by atoms with Gasteiger partial charge in [-0.3, -0.25) is 19.8 Å². The maximum atomic E-state index is 13.5. The molecule has 150 valence electrons. The standard InChI is InChI=1S/C22H16ClN3O3S/c1-14-16(9-5-11-18(14)26(28)29)21(27)25(13-15-7-3-2-4-8-15)22-24-20-17(23)10-6-12-19(20)30-22/h2-12H,13H2,1H3. The molecule has 0 aliphatic carbocycles. The van der Waals surface area contributed by atoms with E-state index in [1.54, 1.807) is 24.0 Å². The summed E-state index contributed by atoms with van der Waals surface area (Å²) in [6, 6.07) is 19.5. The van der Waals surface area contributed by atoms with Gasteiger partial charge in [-0.2, -0.15) is 0 Å². The molecule has 6 nitrogen and oxygen atoms in total. The van der Waals surface area contributed by atoms with Gasteiger partial charge < -0.3 is 0 Å². The predicted molar refractivity (Wildman–Crippen MR) is 119 cm³/mol. The summed E-state index contributed by atoms with van der Waals surface area (Å²) in [7, 11) is 0. The second-order valence-corrected chi connectivity index (χ2v) is 8.08. The van der Waals surface area contributed by atoms with E-state index in [-0.39, 0.29) is 23.7 Å². The molecule has 4 aromatic rings. The predicted octanol–water partition coefficient (Wildman–Crippen LogP) is 6.01. The van der Waals surface area contributed by atoms with E-state index in [1.165, 1.54) is 23.5 Å². The molecule has 0 fully saturated rings. The van der Waals surface area contributed by atoms with Crippen LogP contribution in [0.25, 0.3) is 10.2 Å². The lowest BCUT2D eigenvalue weighted by Gasteiger charge is -2.21. The van der Waals surface area contributed by atoms with Gasteiger partial charge in [-0.25, -0.2) is 4.98 Å². The molecular weight excluding hydrogens is 422 g/mol. The van der Waals surface area contributed by atoms with E-state index in [0.29, 0.717) is 21.2 Å². The number of amides is 1. The summed E-state index contributed by atoms with van der Waals surface area (Å²) in [5, 5.41) is 12.3. The maximum absolute atomic E-state index is 13.5. The number of benzene rings is 3. The minimum Gasteiger partial charge on any atom is -0.279 e. The van der Waals surface area contributed by atoms with Gasteiger partial charge >= 0.3 is 0 Å². The van der Waals surface area contributed by atoms with Crippen molar-refractivity contribution in [1.29, 1.82) is 0 Å². The molecule has 0 aliphatic rings. The fraction of sp³-hybridized carbons (Fsp3) is 0.0909. The Balaban J connectivity index is 1.83. The molecule has 0 spiro atoms. The van der Waals surface area contributed by atoms with Crippen molar-refractivity contribution in [2.24, 2.45) is 0 Å². The monoisotopic (exact) mass is 437 g/mol. The number of rotatable bonds is 5. The molecule has 1 amide bonds. The van der Waals surface area contributed by atoms with Gasteiger partial charge in [-0.05, 0) is 30.7 Å². The highest BCUT2D eigenvalue weighted by atomic mass is 35.5. The summed E-state index contributed by atoms with van der Waals surface area (Å²) < 4.78 is 0.860. The molecule has 1 aromatic heterocycles. The molecule has 30 heavy (non-hydrogen) atoms. The molecule has 4 rings (SSSR count). The van der Waals surface area contributed by atoms with Crippen molar-refractivity contribution in [2.75, 3.05) is 4.90 Å². The Hall–Kier alpha value is -3.29. The molecule has 0 atom stereocenters. The zero-order chi connectivity index (χ0) is 21.3. The van der Waals surface area contributed by atoms with Crippen molar-refractivity contribution in [3.8, 4) is 0 Å². The van der Waals surface area contributed by atoms with E-state index in [1.807, 2.05) is 42.5 Å². The third-order valence-corrected chi connectivity index (χ3v) is 6.10. The Labute approximate surface area is 181 Å². The number of aromatic nitrogens is 1. The van der Waals surface area contributed by atoms with E-state index < -0.39 is 4.92 Å². The molecule has 0 bridgehead atoms. The number of hydrogen-bond acceptors (Lipinski definition) is 5. The molecule has 3 aromatic carbocycles. The van der Waals surface area contributed by atoms with E-state index >= 15 is 0 Å². The Morgan fingerprint density at radius 2 is 1.83 bits per heavy atom. The molecule has 1 heterocycles. The third kappa shape index (κ3) is 3.77. The lowest BCUT2D eigenvalue weighted by atomic mass is 10.1. The number of fused-ring (bicyclic) bond motifs is 1. The molecule has 0 aliphatic heterocycles. The Morgan fingerprint density at radius 3 is 2.53 bits per heavy atom. The van der Waals surface area contributed by atoms with Gasteiger partial charge in [0.1, 0.15) is 5.52 Å². The fourth-order valence-electron chi connectivity index (χ4n) is 3.21. The molecule has 8 heteroatoms. The quantitative estimate of drug-likeness (QED) is 0.283. The van der Waals surface area contributed by atoms with E-state index in [4.69, 9.17) is 11.6 Å². The topological polar surface area (TPSA) is 76.3 Å². The minimum atomic E-state index is -0.481. The number of carbonyl (C=O) groups excluding carboxylic acids is 1. The minimum absolute atomic E-state index is 0.0899. The SMILES string of the molecule is Cc1c(C(=O)N(Cc2ccccc2)c2nc3c(Cl)cccc3s2)cccc1[N+](=O)[O-]. The number of nitro groups is 1. The summed E-state index contributed by atoms with van der Waals surface area (Å²) in [4.78, 5) is 30.5. The highest BCUT2D eigenvalue weighted by Crippen LogP contribution is 2.35. The Morgan fingerprint density at radius 1 is 1.10 bits per heavy atom. The molecule has 0 radical (unpaired) electrons. The zero-order valence-electron chi connectivity index (χ0n) is 15.9. The number of halogens is 1. The lowest BCUT2D eigenvalue weighted by molar-refractivity contribution is -0.385. The van der Waals surface area contributed by atoms with E-state index in [9.17, 15) is 14.9 Å². The molecule has 0 saturated carbocycles. The smallest absolute Gasteiger partial charge is 0.273 e. The van der Waals surface area contributed by atoms with Gasteiger partial charge in [-0.15, -0.1) is 0 Å². The maximum Gasteiger partial charge on any atom is 0.273 e. The lowest BCUT2D eigenvalue weighted by Crippen LogP contribution is -2.31. The van der Waals surface area contributed by atoms with Crippen molar-refractivity contribution in [1.82, 2.24) is 4.98 Å². The van der Waals surface area contributed by atoms with Crippen molar-refractivity contribution < 1.29 is 9.72 Å². The van der Waals surface area contributed by atoms with Crippen LogP contribution in [0, 0.1) is 17.0 Å². The normalized spacial score (nSPS) is 10.9. The number of para-hydroxylation sites is 1. The van der Waals surface area contributed by atoms with Gasteiger partial charge in [0.2, 0.25) is 0 Å². The van der Waals surface area contributed by atoms with Crippen LogP contribution in [0.5, 0.6) is 0 Å². The van der Waals surface area contributed by atoms with Crippen LogP contribution < -0.4 is 4.90 Å². The number of nitro benzene ring substituents is 1. The van der Waals surface area contributed by atoms with E-state index in [2.05, 4.69) is 4.98 Å². The number of carbonyl (C=O) groups is 1. The van der Waals surface area contributed by atoms with E-state index in [0.717, 1.165) is 10.3 Å². The van der Waals surface area contributed by atoms with Crippen LogP contribution in [0.4, 0.5) is 10.8 Å². The van der Waals surface area contributed by atoms with Gasteiger partial charge in [-0.1, -0.05) is 65.4 Å². The van der Waals surface area contributed by atoms with Gasteiger partial charge in [0, 0.05) is 17.2 Å². The molecule has 0 N–H and O–H groups in total. The van der Waals surface area contributed by atoms with Crippen LogP contribution in [0.3, 0.4) is 0 Å². The largest absolute Gasteiger partial charge is 0.279 e. The van der Waals surface area contributed by atoms with Crippen LogP contribution in [-0.2, 0) is 6.54 Å². The Bertz CT molecular complexity index is 1260. The number of nitrogens with zero attached hydrogens (tertiary/aromatic N) is 3. The highest BCUT2D eigenvalue weighted by molar-refractivity contribution is 7.22. The first-order valence-corrected chi connectivity index (χ1v) is 10.3. The fourth-order valence-corrected chi connectivity index (χ4v) is 4.47. The van der Waals surface area contributed by atoms with Gasteiger partial charge in [0.05, 0.1) is 21.2 Å². The summed E-state index contributed by atoms with van der Waals surface area (Å²) in [5.41, 5.74) is 2.04. The van der Waals surface area contributed by atoms with Crippen LogP contribution >= 0.6 is 22.9 Å². The zero-order valence-corrected chi connectivity index (χ0v) is 17.5. The molecular formula is C22H16ClN3O3S. The highest BCUT2D eigenvalue weighted by Gasteiger charge is 2.26. The van der Waals surface area contributed by atoms with Gasteiger partial charge in [0.25, 0.3) is 11.6 Å². The van der Waals surface area contributed by atoms with Crippen molar-refractivity contribution in [3.63, 3.8) is 0 Å². The first-order chi connectivity index (χ1) is 14.5. The number of hydrogen-bond donors (Lipinski definition) is 0. The summed E-state index contributed by atoms with van der Waals surface area (Å²) in [5.74, 6) is -0.352. The number of thiazole rings is 1. The van der Waals surface area contributed by atoms with Crippen molar-refractivity contribution >= 4 is 49.9 Å². The van der Waals surface area contributed by atoms with Crippen molar-refractivity contribution in [3.05, 3.63) is 98.6 Å². The summed E-state index contributed by atoms with van der Waals surface area (Å²) in [6.45, 7) is 1.86. The second kappa shape index (κ2) is 8.22. The number of anilines is 1. The van der Waals surface area contributed by atoms with Crippen LogP contribution in [0.15, 0.2) is 66.7 Å². The summed E-state index contributed by atoms with van der Waals surface area (Å²) in [6.07, 6.45) is 0. The second-order valence-electron chi connectivity index (χ2n) is 6.67. The first-order valence-electron chi connectivity index (χ1n) is 9.10. The van der Waals surface area contributed by atoms with Crippen LogP contribution in [0.1, 0.15) is 21.5 Å². The summed E-state index contributed by atoms with van der Waals surface area (Å²) >= 11 is 7.63. The van der Waals surface area contributed by atoms with Gasteiger partial charge in [0.15, 0.2) is 5.13 Å². The average molecular weight is 438 g/mol. The molecule has 0 unspecified atom stereocenters. The molecule has 0 saturated heterocycles. The Kier molecular flexibility index (Phi) is 5.48. The van der Waals surface area contributed by atoms with Crippen molar-refractivity contribution in [2.45, 2.75) is 13.5 Å². The first kappa shape index (κ1) is 20.0.